The van der Waals surface area contributed by atoms with Gasteiger partial charge in [-0.05, 0) is 25.0 Å². The summed E-state index contributed by atoms with van der Waals surface area (Å²) >= 11 is 0. The van der Waals surface area contributed by atoms with Crippen molar-refractivity contribution in [2.24, 2.45) is 0 Å². The minimum absolute atomic E-state index is 0.114. The van der Waals surface area contributed by atoms with Crippen LogP contribution in [-0.4, -0.2) is 61.4 Å². The van der Waals surface area contributed by atoms with E-state index in [1.165, 1.54) is 0 Å². The molecule has 2 aliphatic heterocycles. The molecule has 1 spiro atoms. The number of carbonyl (C=O) groups excluding carboxylic acids is 1. The van der Waals surface area contributed by atoms with E-state index in [1.54, 1.807) is 6.33 Å². The molecule has 1 N–H and O–H groups in total. The Kier molecular flexibility index (Phi) is 4.48. The van der Waals surface area contributed by atoms with Crippen molar-refractivity contribution in [3.8, 4) is 0 Å². The van der Waals surface area contributed by atoms with Crippen LogP contribution in [-0.2, 0) is 25.8 Å². The second-order valence-electron chi connectivity index (χ2n) is 7.24. The number of nitrogens with zero attached hydrogens (tertiary/aromatic N) is 3. The number of amides is 1. The summed E-state index contributed by atoms with van der Waals surface area (Å²) in [6, 6.07) is 7.91. The third-order valence-corrected chi connectivity index (χ3v) is 7.20. The van der Waals surface area contributed by atoms with Crippen LogP contribution in [0.4, 0.5) is 0 Å². The van der Waals surface area contributed by atoms with Crippen LogP contribution < -0.4 is 0 Å². The first-order valence-corrected chi connectivity index (χ1v) is 10.9. The lowest BCUT2D eigenvalue weighted by Crippen LogP contribution is -2.56. The average molecular weight is 376 g/mol. The van der Waals surface area contributed by atoms with Crippen molar-refractivity contribution in [3.05, 3.63) is 30.6 Å². The number of morpholine rings is 1. The first-order chi connectivity index (χ1) is 12.5. The second kappa shape index (κ2) is 6.66. The molecule has 7 nitrogen and oxygen atoms in total. The van der Waals surface area contributed by atoms with Crippen molar-refractivity contribution in [3.63, 3.8) is 0 Å². The van der Waals surface area contributed by atoms with Crippen LogP contribution in [0.3, 0.4) is 0 Å². The van der Waals surface area contributed by atoms with Crippen molar-refractivity contribution in [2.75, 3.05) is 31.2 Å². The number of nitrogens with one attached hydrogen (secondary N) is 1. The van der Waals surface area contributed by atoms with E-state index in [0.717, 1.165) is 11.0 Å². The van der Waals surface area contributed by atoms with Crippen molar-refractivity contribution in [1.82, 2.24) is 14.5 Å². The predicted molar refractivity (Wildman–Crippen MR) is 99.4 cm³/mol. The summed E-state index contributed by atoms with van der Waals surface area (Å²) in [5, 5.41) is 0. The minimum Gasteiger partial charge on any atom is -0.371 e. The summed E-state index contributed by atoms with van der Waals surface area (Å²) in [5.74, 6) is 0.856. The van der Waals surface area contributed by atoms with Gasteiger partial charge in [-0.15, -0.1) is 0 Å². The fraction of sp³-hybridized carbons (Fsp3) is 0.556. The average Bonchev–Trinajstić information content (AvgIpc) is 3.06. The molecule has 4 rings (SSSR count). The number of hydrogen-bond donors (Lipinski definition) is 1. The molecule has 0 radical (unpaired) electrons. The highest BCUT2D eigenvalue weighted by Gasteiger charge is 2.41. The highest BCUT2D eigenvalue weighted by atomic mass is 32.2. The largest absolute Gasteiger partial charge is 0.371 e. The number of fused-ring (bicyclic) bond motifs is 1. The fourth-order valence-corrected chi connectivity index (χ4v) is 5.46. The van der Waals surface area contributed by atoms with Crippen LogP contribution in [0.5, 0.6) is 0 Å². The number of aryl methyl sites for hydroxylation is 1. The van der Waals surface area contributed by atoms with Gasteiger partial charge in [0.25, 0.3) is 0 Å². The molecule has 2 fully saturated rings. The van der Waals surface area contributed by atoms with E-state index in [9.17, 15) is 9.00 Å². The van der Waals surface area contributed by atoms with Crippen molar-refractivity contribution < 1.29 is 13.7 Å². The Bertz CT molecular complexity index is 907. The number of carbonyl (C=O) groups is 1. The molecule has 2 saturated heterocycles. The lowest BCUT2D eigenvalue weighted by molar-refractivity contribution is -0.152. The maximum atomic E-state index is 12.7. The first kappa shape index (κ1) is 17.5. The van der Waals surface area contributed by atoms with Crippen LogP contribution in [0.2, 0.25) is 0 Å². The molecule has 0 atom stereocenters. The number of rotatable bonds is 3. The number of benzene rings is 1. The Balaban J connectivity index is 1.39. The zero-order chi connectivity index (χ0) is 18.2. The fourth-order valence-electron chi connectivity index (χ4n) is 3.85. The normalized spacial score (nSPS) is 29.3. The van der Waals surface area contributed by atoms with Gasteiger partial charge in [0.15, 0.2) is 0 Å². The third kappa shape index (κ3) is 3.48. The van der Waals surface area contributed by atoms with Crippen LogP contribution >= 0.6 is 0 Å². The molecule has 1 aromatic heterocycles. The van der Waals surface area contributed by atoms with Gasteiger partial charge in [-0.1, -0.05) is 12.1 Å². The number of aromatic nitrogens is 2. The molecule has 26 heavy (non-hydrogen) atoms. The van der Waals surface area contributed by atoms with Crippen molar-refractivity contribution in [1.29, 1.82) is 4.78 Å². The summed E-state index contributed by atoms with van der Waals surface area (Å²) in [6.07, 6.45) is 3.41. The summed E-state index contributed by atoms with van der Waals surface area (Å²) in [6.45, 7) is 2.26. The van der Waals surface area contributed by atoms with Gasteiger partial charge in [-0.25, -0.2) is 9.19 Å². The molecule has 140 valence electrons. The summed E-state index contributed by atoms with van der Waals surface area (Å²) in [7, 11) is -2.45. The first-order valence-electron chi connectivity index (χ1n) is 9.02. The third-order valence-electron chi connectivity index (χ3n) is 5.47. The highest BCUT2D eigenvalue weighted by Crippen LogP contribution is 2.31. The van der Waals surface area contributed by atoms with E-state index in [2.05, 4.69) is 4.98 Å². The number of hydrogen-bond acceptors (Lipinski definition) is 5. The molecule has 3 heterocycles. The van der Waals surface area contributed by atoms with Gasteiger partial charge in [-0.2, -0.15) is 0 Å². The summed E-state index contributed by atoms with van der Waals surface area (Å²) in [5.41, 5.74) is 1.57. The standard InChI is InChI=1S/C18H24N4O3S/c19-26(24)11-6-18(7-12-26)13-21(9-10-25-18)17(23)5-8-22-14-20-15-3-1-2-4-16(15)22/h1-4,14,19H,5-13H2. The number of imidazole rings is 1. The maximum Gasteiger partial charge on any atom is 0.224 e. The lowest BCUT2D eigenvalue weighted by atomic mass is 9.94. The van der Waals surface area contributed by atoms with Gasteiger partial charge in [0.2, 0.25) is 5.91 Å². The van der Waals surface area contributed by atoms with E-state index in [4.69, 9.17) is 9.52 Å². The molecular formula is C18H24N4O3S. The van der Waals surface area contributed by atoms with Gasteiger partial charge in [0, 0.05) is 47.3 Å². The Hall–Kier alpha value is -1.93. The molecular weight excluding hydrogens is 352 g/mol. The van der Waals surface area contributed by atoms with Crippen molar-refractivity contribution in [2.45, 2.75) is 31.4 Å². The molecule has 0 unspecified atom stereocenters. The molecule has 1 aromatic carbocycles. The minimum atomic E-state index is -2.45. The topological polar surface area (TPSA) is 88.3 Å². The van der Waals surface area contributed by atoms with Gasteiger partial charge in [0.1, 0.15) is 0 Å². The monoisotopic (exact) mass is 376 g/mol. The maximum absolute atomic E-state index is 12.7. The SMILES string of the molecule is N=S1(=O)CCC2(CC1)CN(C(=O)CCn1cnc3ccccc31)CCO2. The quantitative estimate of drug-likeness (QED) is 0.886. The summed E-state index contributed by atoms with van der Waals surface area (Å²) in [4.78, 5) is 19.0. The Morgan fingerprint density at radius 2 is 2.08 bits per heavy atom. The highest BCUT2D eigenvalue weighted by molar-refractivity contribution is 7.92. The molecule has 0 aliphatic carbocycles. The number of ether oxygens (including phenoxy) is 1. The van der Waals surface area contributed by atoms with Crippen LogP contribution in [0.25, 0.3) is 11.0 Å². The Morgan fingerprint density at radius 3 is 2.88 bits per heavy atom. The smallest absolute Gasteiger partial charge is 0.224 e. The van der Waals surface area contributed by atoms with Crippen LogP contribution in [0.1, 0.15) is 19.3 Å². The Labute approximate surface area is 153 Å². The van der Waals surface area contributed by atoms with E-state index in [0.29, 0.717) is 57.0 Å². The van der Waals surface area contributed by atoms with Crippen LogP contribution in [0.15, 0.2) is 30.6 Å². The van der Waals surface area contributed by atoms with Gasteiger partial charge in [0.05, 0.1) is 29.6 Å². The molecule has 0 saturated carbocycles. The molecule has 2 aliphatic rings. The lowest BCUT2D eigenvalue weighted by Gasteiger charge is -2.45. The molecule has 1 amide bonds. The summed E-state index contributed by atoms with van der Waals surface area (Å²) < 4.78 is 27.7. The number of para-hydroxylation sites is 2. The molecule has 0 bridgehead atoms. The zero-order valence-electron chi connectivity index (χ0n) is 14.7. The van der Waals surface area contributed by atoms with E-state index >= 15 is 0 Å². The van der Waals surface area contributed by atoms with Gasteiger partial charge < -0.3 is 14.2 Å². The van der Waals surface area contributed by atoms with Gasteiger partial charge >= 0.3 is 0 Å². The molecule has 2 aromatic rings. The predicted octanol–water partition coefficient (Wildman–Crippen LogP) is 1.86. The second-order valence-corrected chi connectivity index (χ2v) is 9.68. The zero-order valence-corrected chi connectivity index (χ0v) is 15.5. The van der Waals surface area contributed by atoms with E-state index in [1.807, 2.05) is 33.7 Å². The molecule has 8 heteroatoms. The van der Waals surface area contributed by atoms with Gasteiger partial charge in [-0.3, -0.25) is 9.57 Å². The van der Waals surface area contributed by atoms with Crippen LogP contribution in [0, 0.1) is 4.78 Å². The Morgan fingerprint density at radius 1 is 1.31 bits per heavy atom. The van der Waals surface area contributed by atoms with E-state index < -0.39 is 15.3 Å². The van der Waals surface area contributed by atoms with E-state index in [-0.39, 0.29) is 5.91 Å². The van der Waals surface area contributed by atoms with Crippen molar-refractivity contribution >= 4 is 26.7 Å².